The maximum Gasteiger partial charge on any atom is 0.311 e. The van der Waals surface area contributed by atoms with Crippen LogP contribution in [0, 0.1) is 5.41 Å². The number of nitrogens with zero attached hydrogens (tertiary/aromatic N) is 3. The summed E-state index contributed by atoms with van der Waals surface area (Å²) in [4.78, 5) is 34.4. The average Bonchev–Trinajstić information content (AvgIpc) is 2.86. The number of carbonyl (C=O) groups is 2. The molecule has 2 unspecified atom stereocenters. The van der Waals surface area contributed by atoms with Crippen molar-refractivity contribution in [2.45, 2.75) is 38.5 Å². The van der Waals surface area contributed by atoms with Gasteiger partial charge < -0.3 is 9.47 Å². The summed E-state index contributed by atoms with van der Waals surface area (Å²) in [7, 11) is 1.28. The van der Waals surface area contributed by atoms with E-state index in [0.717, 1.165) is 0 Å². The molecule has 2 bridgehead atoms. The van der Waals surface area contributed by atoms with Gasteiger partial charge in [-0.3, -0.25) is 24.4 Å². The molecular formula is C20H22ClN3O4S. The highest BCUT2D eigenvalue weighted by atomic mass is 35.5. The summed E-state index contributed by atoms with van der Waals surface area (Å²) in [6, 6.07) is 6.90. The van der Waals surface area contributed by atoms with E-state index in [0.29, 0.717) is 34.6 Å². The predicted molar refractivity (Wildman–Crippen MR) is 113 cm³/mol. The van der Waals surface area contributed by atoms with Crippen LogP contribution in [0.1, 0.15) is 27.2 Å². The fourth-order valence-electron chi connectivity index (χ4n) is 4.17. The van der Waals surface area contributed by atoms with E-state index in [1.165, 1.54) is 7.11 Å². The van der Waals surface area contributed by atoms with E-state index in [1.54, 1.807) is 41.0 Å². The number of halogens is 1. The third-order valence-corrected chi connectivity index (χ3v) is 6.37. The average molecular weight is 436 g/mol. The largest absolute Gasteiger partial charge is 0.469 e. The van der Waals surface area contributed by atoms with Gasteiger partial charge in [-0.05, 0) is 31.2 Å². The number of benzene rings is 1. The van der Waals surface area contributed by atoms with Crippen LogP contribution in [0.3, 0.4) is 0 Å². The lowest BCUT2D eigenvalue weighted by atomic mass is 9.88. The van der Waals surface area contributed by atoms with Crippen LogP contribution < -0.4 is 4.90 Å². The number of thiocarbonyl (C=S) groups is 1. The maximum absolute atomic E-state index is 13.8. The van der Waals surface area contributed by atoms with Gasteiger partial charge in [0, 0.05) is 29.2 Å². The van der Waals surface area contributed by atoms with E-state index in [2.05, 4.69) is 4.99 Å². The van der Waals surface area contributed by atoms with E-state index in [1.807, 2.05) is 13.8 Å². The number of rotatable bonds is 3. The fraction of sp³-hybridized carbons (Fsp3) is 0.500. The van der Waals surface area contributed by atoms with Crippen LogP contribution in [-0.2, 0) is 19.1 Å². The number of amides is 1. The van der Waals surface area contributed by atoms with Gasteiger partial charge in [0.25, 0.3) is 5.91 Å². The normalized spacial score (nSPS) is 30.2. The number of hydrogen-bond acceptors (Lipinski definition) is 6. The van der Waals surface area contributed by atoms with Gasteiger partial charge in [0.15, 0.2) is 5.60 Å². The maximum atomic E-state index is 13.8. The molecule has 7 nitrogen and oxygen atoms in total. The Balaban J connectivity index is 1.92. The number of fused-ring (bicyclic) bond motifs is 4. The third kappa shape index (κ3) is 2.88. The Labute approximate surface area is 179 Å². The lowest BCUT2D eigenvalue weighted by molar-refractivity contribution is -0.173. The Hall–Kier alpha value is -2.03. The van der Waals surface area contributed by atoms with Crippen molar-refractivity contribution in [3.63, 3.8) is 0 Å². The summed E-state index contributed by atoms with van der Waals surface area (Å²) in [5.74, 6) is -0.452. The lowest BCUT2D eigenvalue weighted by Crippen LogP contribution is -2.68. The minimum atomic E-state index is -1.64. The summed E-state index contributed by atoms with van der Waals surface area (Å²) in [5, 5.41) is 0.547. The van der Waals surface area contributed by atoms with Gasteiger partial charge >= 0.3 is 5.97 Å². The molecule has 3 heterocycles. The number of esters is 1. The molecule has 154 valence electrons. The number of amidine groups is 1. The molecule has 0 radical (unpaired) electrons. The second-order valence-corrected chi connectivity index (χ2v) is 9.31. The molecule has 29 heavy (non-hydrogen) atoms. The van der Waals surface area contributed by atoms with Gasteiger partial charge in [0.2, 0.25) is 5.72 Å². The van der Waals surface area contributed by atoms with Crippen molar-refractivity contribution in [1.29, 1.82) is 0 Å². The fourth-order valence-corrected chi connectivity index (χ4v) is 4.69. The Morgan fingerprint density at radius 2 is 1.97 bits per heavy atom. The zero-order chi connectivity index (χ0) is 21.2. The molecule has 3 aliphatic heterocycles. The summed E-state index contributed by atoms with van der Waals surface area (Å²) >= 11 is 11.8. The molecule has 2 saturated heterocycles. The minimum Gasteiger partial charge on any atom is -0.469 e. The van der Waals surface area contributed by atoms with Crippen LogP contribution in [0.15, 0.2) is 29.3 Å². The summed E-state index contributed by atoms with van der Waals surface area (Å²) < 4.78 is 11.2. The zero-order valence-electron chi connectivity index (χ0n) is 16.7. The van der Waals surface area contributed by atoms with Gasteiger partial charge in [0.05, 0.1) is 7.11 Å². The molecule has 2 atom stereocenters. The number of carbonyl (C=O) groups excluding carboxylic acids is 2. The van der Waals surface area contributed by atoms with Crippen LogP contribution in [0.5, 0.6) is 0 Å². The number of methoxy groups -OCH3 is 1. The summed E-state index contributed by atoms with van der Waals surface area (Å²) in [6.45, 7) is 6.90. The Kier molecular flexibility index (Phi) is 4.53. The topological polar surface area (TPSA) is 71.4 Å². The highest BCUT2D eigenvalue weighted by Gasteiger charge is 2.70. The molecule has 1 amide bonds. The number of anilines is 1. The minimum absolute atomic E-state index is 0.203. The molecule has 1 aromatic carbocycles. The van der Waals surface area contributed by atoms with Gasteiger partial charge in [-0.15, -0.1) is 0 Å². The Morgan fingerprint density at radius 3 is 2.59 bits per heavy atom. The Morgan fingerprint density at radius 1 is 1.31 bits per heavy atom. The van der Waals surface area contributed by atoms with Crippen molar-refractivity contribution in [3.8, 4) is 0 Å². The van der Waals surface area contributed by atoms with Crippen LogP contribution in [-0.4, -0.2) is 59.1 Å². The first-order valence-electron chi connectivity index (χ1n) is 9.28. The highest BCUT2D eigenvalue weighted by molar-refractivity contribution is 7.81. The van der Waals surface area contributed by atoms with Crippen molar-refractivity contribution < 1.29 is 19.1 Å². The molecule has 3 aliphatic rings. The highest BCUT2D eigenvalue weighted by Crippen LogP contribution is 2.49. The van der Waals surface area contributed by atoms with Gasteiger partial charge in [-0.2, -0.15) is 0 Å². The SMILES string of the molecule is COC(=O)CC12OC(C)(C(=S)N1c1ccc(Cl)cc1)C1=NCC(C)(C)CN1C2=O. The number of ether oxygens (including phenoxy) is 2. The molecule has 2 fully saturated rings. The molecule has 0 spiro atoms. The molecule has 0 aromatic heterocycles. The first kappa shape index (κ1) is 20.3. The van der Waals surface area contributed by atoms with Crippen molar-refractivity contribution in [3.05, 3.63) is 29.3 Å². The molecular weight excluding hydrogens is 414 g/mol. The number of morpholine rings is 1. The Bertz CT molecular complexity index is 948. The lowest BCUT2D eigenvalue weighted by Gasteiger charge is -2.48. The van der Waals surface area contributed by atoms with Crippen molar-refractivity contribution in [1.82, 2.24) is 4.90 Å². The quantitative estimate of drug-likeness (QED) is 0.537. The van der Waals surface area contributed by atoms with E-state index in [9.17, 15) is 9.59 Å². The van der Waals surface area contributed by atoms with E-state index in [4.69, 9.17) is 33.3 Å². The van der Waals surface area contributed by atoms with Crippen LogP contribution in [0.2, 0.25) is 5.02 Å². The first-order chi connectivity index (χ1) is 13.5. The van der Waals surface area contributed by atoms with E-state index >= 15 is 0 Å². The number of hydrogen-bond donors (Lipinski definition) is 0. The monoisotopic (exact) mass is 435 g/mol. The first-order valence-corrected chi connectivity index (χ1v) is 10.1. The molecule has 1 aromatic rings. The van der Waals surface area contributed by atoms with E-state index in [-0.39, 0.29) is 17.7 Å². The van der Waals surface area contributed by atoms with Crippen LogP contribution in [0.25, 0.3) is 0 Å². The van der Waals surface area contributed by atoms with Crippen LogP contribution in [0.4, 0.5) is 5.69 Å². The van der Waals surface area contributed by atoms with Crippen molar-refractivity contribution >= 4 is 52.2 Å². The summed E-state index contributed by atoms with van der Waals surface area (Å²) in [6.07, 6.45) is -0.301. The van der Waals surface area contributed by atoms with Gasteiger partial charge in [-0.25, -0.2) is 0 Å². The molecule has 0 aliphatic carbocycles. The number of aliphatic imine (C=N–C) groups is 1. The van der Waals surface area contributed by atoms with Crippen molar-refractivity contribution in [2.24, 2.45) is 10.4 Å². The molecule has 0 saturated carbocycles. The predicted octanol–water partition coefficient (Wildman–Crippen LogP) is 2.80. The second-order valence-electron chi connectivity index (χ2n) is 8.48. The van der Waals surface area contributed by atoms with Gasteiger partial charge in [-0.1, -0.05) is 37.7 Å². The summed E-state index contributed by atoms with van der Waals surface area (Å²) in [5.41, 5.74) is -2.35. The smallest absolute Gasteiger partial charge is 0.311 e. The molecule has 9 heteroatoms. The van der Waals surface area contributed by atoms with E-state index < -0.39 is 17.3 Å². The van der Waals surface area contributed by atoms with Crippen LogP contribution >= 0.6 is 23.8 Å². The molecule has 0 N–H and O–H groups in total. The van der Waals surface area contributed by atoms with Crippen molar-refractivity contribution in [2.75, 3.05) is 25.1 Å². The second kappa shape index (κ2) is 6.48. The van der Waals surface area contributed by atoms with Gasteiger partial charge in [0.1, 0.15) is 17.2 Å². The standard InChI is InChI=1S/C20H22ClN3O4S/c1-18(2)10-22-15-19(3)17(29)24(13-7-5-12(21)6-8-13)20(28-19,9-14(25)27-4)16(26)23(15)11-18/h5-8H,9-11H2,1-4H3. The molecule has 4 rings (SSSR count). The third-order valence-electron chi connectivity index (χ3n) is 5.55. The zero-order valence-corrected chi connectivity index (χ0v) is 18.3.